The van der Waals surface area contributed by atoms with Gasteiger partial charge in [-0.15, -0.1) is 11.3 Å². The van der Waals surface area contributed by atoms with Gasteiger partial charge in [0.15, 0.2) is 0 Å². The fourth-order valence-corrected chi connectivity index (χ4v) is 3.29. The molecule has 0 spiro atoms. The van der Waals surface area contributed by atoms with Crippen molar-refractivity contribution in [3.05, 3.63) is 55.4 Å². The highest BCUT2D eigenvalue weighted by Gasteiger charge is 2.10. The molecule has 2 rings (SSSR count). The minimum absolute atomic E-state index is 0.0675. The molecule has 0 aliphatic rings. The smallest absolute Gasteiger partial charge is 0.142 e. The molecule has 1 aromatic heterocycles. The maximum atomic E-state index is 12.9. The minimum atomic E-state index is -0.390. The summed E-state index contributed by atoms with van der Waals surface area (Å²) in [6.45, 7) is 0. The minimum Gasteiger partial charge on any atom is -0.299 e. The summed E-state index contributed by atoms with van der Waals surface area (Å²) in [6.07, 6.45) is 0.610. The van der Waals surface area contributed by atoms with Gasteiger partial charge in [0.25, 0.3) is 0 Å². The molecule has 1 aromatic carbocycles. The van der Waals surface area contributed by atoms with Gasteiger partial charge in [0.1, 0.15) is 11.6 Å². The van der Waals surface area contributed by atoms with Gasteiger partial charge in [0, 0.05) is 32.6 Å². The van der Waals surface area contributed by atoms with E-state index >= 15 is 0 Å². The number of carbonyl (C=O) groups is 1. The lowest BCUT2D eigenvalue weighted by molar-refractivity contribution is -0.117. The van der Waals surface area contributed by atoms with Crippen LogP contribution < -0.4 is 0 Å². The van der Waals surface area contributed by atoms with Crippen molar-refractivity contribution in [2.45, 2.75) is 12.8 Å². The maximum absolute atomic E-state index is 12.9. The predicted octanol–water partition coefficient (Wildman–Crippen LogP) is 4.66. The van der Waals surface area contributed by atoms with Crippen LogP contribution >= 0.6 is 38.9 Å². The van der Waals surface area contributed by atoms with Crippen LogP contribution in [0.2, 0.25) is 5.02 Å². The third-order valence-corrected chi connectivity index (χ3v) is 4.45. The molecule has 0 unspecified atom stereocenters. The van der Waals surface area contributed by atoms with Gasteiger partial charge in [-0.25, -0.2) is 4.39 Å². The van der Waals surface area contributed by atoms with Gasteiger partial charge in [-0.05, 0) is 39.7 Å². The van der Waals surface area contributed by atoms with Crippen LogP contribution in [0.15, 0.2) is 34.1 Å². The number of hydrogen-bond donors (Lipinski definition) is 0. The van der Waals surface area contributed by atoms with Crippen LogP contribution in [0.3, 0.4) is 0 Å². The quantitative estimate of drug-likeness (QED) is 0.786. The third-order valence-electron chi connectivity index (χ3n) is 2.40. The largest absolute Gasteiger partial charge is 0.299 e. The van der Waals surface area contributed by atoms with E-state index in [-0.39, 0.29) is 12.2 Å². The number of hydrogen-bond acceptors (Lipinski definition) is 2. The molecule has 2 aromatic rings. The molecule has 0 fully saturated rings. The van der Waals surface area contributed by atoms with Gasteiger partial charge in [-0.1, -0.05) is 17.7 Å². The molecule has 0 radical (unpaired) electrons. The average Bonchev–Trinajstić information content (AvgIpc) is 2.68. The Hall–Kier alpha value is -0.710. The van der Waals surface area contributed by atoms with Gasteiger partial charge < -0.3 is 0 Å². The summed E-state index contributed by atoms with van der Waals surface area (Å²) >= 11 is 10.8. The Balaban J connectivity index is 2.03. The van der Waals surface area contributed by atoms with Crippen LogP contribution in [-0.4, -0.2) is 5.78 Å². The molecule has 18 heavy (non-hydrogen) atoms. The number of carbonyl (C=O) groups excluding carboxylic acids is 1. The Kier molecular flexibility index (Phi) is 4.54. The van der Waals surface area contributed by atoms with E-state index < -0.39 is 5.82 Å². The Bertz CT molecular complexity index is 582. The van der Waals surface area contributed by atoms with Gasteiger partial charge >= 0.3 is 0 Å². The van der Waals surface area contributed by atoms with E-state index in [1.54, 1.807) is 6.07 Å². The lowest BCUT2D eigenvalue weighted by Gasteiger charge is -2.03. The van der Waals surface area contributed by atoms with Gasteiger partial charge in [-0.2, -0.15) is 0 Å². The number of ketones is 1. The van der Waals surface area contributed by atoms with Crippen LogP contribution in [0.4, 0.5) is 4.39 Å². The molecule has 0 aliphatic carbocycles. The van der Waals surface area contributed by atoms with Crippen LogP contribution in [0.5, 0.6) is 0 Å². The van der Waals surface area contributed by atoms with Crippen LogP contribution in [0.25, 0.3) is 0 Å². The molecule has 0 saturated heterocycles. The lowest BCUT2D eigenvalue weighted by Crippen LogP contribution is -2.06. The van der Waals surface area contributed by atoms with Crippen molar-refractivity contribution < 1.29 is 9.18 Å². The summed E-state index contributed by atoms with van der Waals surface area (Å²) in [7, 11) is 0. The lowest BCUT2D eigenvalue weighted by atomic mass is 10.1. The van der Waals surface area contributed by atoms with Crippen molar-refractivity contribution in [3.8, 4) is 0 Å². The van der Waals surface area contributed by atoms with Crippen molar-refractivity contribution in [2.75, 3.05) is 0 Å². The predicted molar refractivity (Wildman–Crippen MR) is 75.8 cm³/mol. The van der Waals surface area contributed by atoms with Gasteiger partial charge in [0.05, 0.1) is 0 Å². The molecule has 94 valence electrons. The zero-order valence-corrected chi connectivity index (χ0v) is 12.4. The molecule has 0 saturated carbocycles. The first-order chi connectivity index (χ1) is 8.54. The van der Waals surface area contributed by atoms with E-state index in [2.05, 4.69) is 15.9 Å². The highest BCUT2D eigenvalue weighted by Crippen LogP contribution is 2.22. The first kappa shape index (κ1) is 13.7. The standard InChI is InChI=1S/C13H9BrClFOS/c14-9-4-12(18-7-9)6-11(17)3-8-1-2-10(16)5-13(8)15/h1-2,4-5,7H,3,6H2. The van der Waals surface area contributed by atoms with Crippen LogP contribution in [0, 0.1) is 5.82 Å². The second-order valence-corrected chi connectivity index (χ2v) is 6.18. The fourth-order valence-electron chi connectivity index (χ4n) is 1.58. The SMILES string of the molecule is O=C(Cc1cc(Br)cs1)Cc1ccc(F)cc1Cl. The first-order valence-corrected chi connectivity index (χ1v) is 7.28. The summed E-state index contributed by atoms with van der Waals surface area (Å²) in [4.78, 5) is 12.9. The molecule has 0 amide bonds. The number of rotatable bonds is 4. The molecule has 0 atom stereocenters. The molecular formula is C13H9BrClFOS. The molecule has 0 bridgehead atoms. The average molecular weight is 348 g/mol. The van der Waals surface area contributed by atoms with Crippen molar-refractivity contribution in [3.63, 3.8) is 0 Å². The molecular weight excluding hydrogens is 339 g/mol. The highest BCUT2D eigenvalue weighted by molar-refractivity contribution is 9.10. The third kappa shape index (κ3) is 3.64. The van der Waals surface area contributed by atoms with Crippen LogP contribution in [0.1, 0.15) is 10.4 Å². The normalized spacial score (nSPS) is 10.6. The van der Waals surface area contributed by atoms with E-state index in [9.17, 15) is 9.18 Å². The molecule has 5 heteroatoms. The summed E-state index contributed by atoms with van der Waals surface area (Å²) in [5.74, 6) is -0.323. The van der Waals surface area contributed by atoms with E-state index in [0.717, 1.165) is 9.35 Å². The number of thiophene rings is 1. The summed E-state index contributed by atoms with van der Waals surface area (Å²) in [5.41, 5.74) is 0.665. The number of Topliss-reactive ketones (excluding diaryl/α,β-unsaturated/α-hetero) is 1. The zero-order valence-electron chi connectivity index (χ0n) is 9.25. The van der Waals surface area contributed by atoms with Gasteiger partial charge in [0.2, 0.25) is 0 Å². The van der Waals surface area contributed by atoms with Gasteiger partial charge in [-0.3, -0.25) is 4.79 Å². The zero-order chi connectivity index (χ0) is 13.1. The Labute approximate surface area is 122 Å². The Morgan fingerprint density at radius 1 is 1.33 bits per heavy atom. The first-order valence-electron chi connectivity index (χ1n) is 5.23. The topological polar surface area (TPSA) is 17.1 Å². The van der Waals surface area contributed by atoms with Crippen LogP contribution in [-0.2, 0) is 17.6 Å². The van der Waals surface area contributed by atoms with Crippen molar-refractivity contribution >= 4 is 44.7 Å². The molecule has 1 heterocycles. The number of halogens is 3. The van der Waals surface area contributed by atoms with Crippen molar-refractivity contribution in [1.82, 2.24) is 0 Å². The number of benzene rings is 1. The monoisotopic (exact) mass is 346 g/mol. The second-order valence-electron chi connectivity index (χ2n) is 3.86. The maximum Gasteiger partial charge on any atom is 0.142 e. The van der Waals surface area contributed by atoms with E-state index in [1.807, 2.05) is 11.4 Å². The molecule has 0 N–H and O–H groups in total. The highest BCUT2D eigenvalue weighted by atomic mass is 79.9. The Morgan fingerprint density at radius 2 is 2.11 bits per heavy atom. The summed E-state index contributed by atoms with van der Waals surface area (Å²) in [6, 6.07) is 6.02. The molecule has 0 aliphatic heterocycles. The fraction of sp³-hybridized carbons (Fsp3) is 0.154. The van der Waals surface area contributed by atoms with E-state index in [0.29, 0.717) is 17.0 Å². The molecule has 1 nitrogen and oxygen atoms in total. The van der Waals surface area contributed by atoms with E-state index in [4.69, 9.17) is 11.6 Å². The summed E-state index contributed by atoms with van der Waals surface area (Å²) < 4.78 is 13.8. The van der Waals surface area contributed by atoms with E-state index in [1.165, 1.54) is 23.5 Å². The summed E-state index contributed by atoms with van der Waals surface area (Å²) in [5, 5.41) is 2.24. The van der Waals surface area contributed by atoms with Crippen molar-refractivity contribution in [1.29, 1.82) is 0 Å². The van der Waals surface area contributed by atoms with Crippen molar-refractivity contribution in [2.24, 2.45) is 0 Å². The second kappa shape index (κ2) is 5.95. The Morgan fingerprint density at radius 3 is 2.72 bits per heavy atom.